The predicted molar refractivity (Wildman–Crippen MR) is 120 cm³/mol. The van der Waals surface area contributed by atoms with Crippen LogP contribution >= 0.6 is 23.1 Å². The van der Waals surface area contributed by atoms with Crippen LogP contribution in [0.3, 0.4) is 0 Å². The minimum Gasteiger partial charge on any atom is -0.376 e. The molecule has 9 heteroatoms. The van der Waals surface area contributed by atoms with Crippen molar-refractivity contribution in [2.45, 2.75) is 56.7 Å². The Morgan fingerprint density at radius 1 is 1.43 bits per heavy atom. The summed E-state index contributed by atoms with van der Waals surface area (Å²) in [5.41, 5.74) is 1.95. The number of nitrogens with zero attached hydrogens (tertiary/aromatic N) is 3. The zero-order chi connectivity index (χ0) is 21.3. The molecule has 1 aromatic carbocycles. The first kappa shape index (κ1) is 21.0. The zero-order valence-electron chi connectivity index (χ0n) is 16.9. The summed E-state index contributed by atoms with van der Waals surface area (Å²) < 4.78 is 7.52. The van der Waals surface area contributed by atoms with E-state index in [1.165, 1.54) is 17.8 Å². The van der Waals surface area contributed by atoms with Crippen LogP contribution in [0, 0.1) is 17.0 Å². The second-order valence-corrected chi connectivity index (χ2v) is 9.48. The van der Waals surface area contributed by atoms with E-state index in [9.17, 15) is 14.9 Å². The van der Waals surface area contributed by atoms with Gasteiger partial charge in [-0.05, 0) is 37.3 Å². The number of benzene rings is 1. The van der Waals surface area contributed by atoms with Gasteiger partial charge >= 0.3 is 0 Å². The molecule has 1 unspecified atom stereocenters. The molecule has 1 aliphatic rings. The Balaban J connectivity index is 1.72. The second kappa shape index (κ2) is 8.87. The van der Waals surface area contributed by atoms with Crippen molar-refractivity contribution in [1.29, 1.82) is 0 Å². The van der Waals surface area contributed by atoms with Gasteiger partial charge in [-0.1, -0.05) is 30.8 Å². The van der Waals surface area contributed by atoms with Gasteiger partial charge in [-0.2, -0.15) is 0 Å². The van der Waals surface area contributed by atoms with Crippen molar-refractivity contribution in [3.63, 3.8) is 0 Å². The number of hydrogen-bond donors (Lipinski definition) is 0. The molecule has 1 fully saturated rings. The number of nitro groups is 1. The molecule has 0 spiro atoms. The lowest BCUT2D eigenvalue weighted by molar-refractivity contribution is -0.384. The summed E-state index contributed by atoms with van der Waals surface area (Å²) in [7, 11) is 0. The average molecular weight is 446 g/mol. The average Bonchev–Trinajstić information content (AvgIpc) is 3.35. The number of nitro benzene ring substituents is 1. The third-order valence-electron chi connectivity index (χ3n) is 5.33. The quantitative estimate of drug-likeness (QED) is 0.227. The molecular weight excluding hydrogens is 422 g/mol. The first-order valence-corrected chi connectivity index (χ1v) is 11.8. The molecule has 1 aliphatic heterocycles. The number of ether oxygens (including phenoxy) is 1. The molecule has 1 saturated heterocycles. The Hall–Kier alpha value is -2.23. The van der Waals surface area contributed by atoms with E-state index < -0.39 is 4.92 Å². The van der Waals surface area contributed by atoms with Gasteiger partial charge in [0.05, 0.1) is 23.0 Å². The highest BCUT2D eigenvalue weighted by Crippen LogP contribution is 2.31. The molecule has 7 nitrogen and oxygen atoms in total. The van der Waals surface area contributed by atoms with Crippen molar-refractivity contribution in [3.8, 4) is 0 Å². The van der Waals surface area contributed by atoms with Gasteiger partial charge in [0.25, 0.3) is 11.2 Å². The van der Waals surface area contributed by atoms with Crippen molar-refractivity contribution < 1.29 is 9.66 Å². The number of thioether (sulfide) groups is 1. The lowest BCUT2D eigenvalue weighted by Gasteiger charge is -2.16. The van der Waals surface area contributed by atoms with E-state index in [1.807, 2.05) is 13.0 Å². The molecule has 3 aromatic rings. The van der Waals surface area contributed by atoms with E-state index in [4.69, 9.17) is 9.72 Å². The summed E-state index contributed by atoms with van der Waals surface area (Å²) in [5.74, 6) is 0.496. The number of aromatic nitrogens is 2. The fraction of sp³-hybridized carbons (Fsp3) is 0.429. The maximum absolute atomic E-state index is 13.5. The highest BCUT2D eigenvalue weighted by atomic mass is 32.2. The lowest BCUT2D eigenvalue weighted by atomic mass is 10.1. The van der Waals surface area contributed by atoms with Crippen LogP contribution in [0.15, 0.2) is 34.2 Å². The fourth-order valence-electron chi connectivity index (χ4n) is 3.83. The van der Waals surface area contributed by atoms with E-state index in [-0.39, 0.29) is 17.4 Å². The standard InChI is InChI=1S/C21H23N3O4S2/c1-3-17-13(2)30-19-18(17)20(25)23(11-16-8-5-9-28-16)21(22-19)29-12-14-6-4-7-15(10-14)24(26)27/h4,6-7,10,16H,3,5,8-9,11-12H2,1-2H3. The SMILES string of the molecule is CCc1c(C)sc2nc(SCc3cccc([N+](=O)[O-])c3)n(CC3CCCO3)c(=O)c12. The normalized spacial score (nSPS) is 16.4. The summed E-state index contributed by atoms with van der Waals surface area (Å²) >= 11 is 2.99. The molecule has 0 radical (unpaired) electrons. The van der Waals surface area contributed by atoms with Gasteiger partial charge in [0.2, 0.25) is 0 Å². The summed E-state index contributed by atoms with van der Waals surface area (Å²) in [6, 6.07) is 6.58. The van der Waals surface area contributed by atoms with Gasteiger partial charge in [0, 0.05) is 29.4 Å². The highest BCUT2D eigenvalue weighted by molar-refractivity contribution is 7.98. The molecule has 0 N–H and O–H groups in total. The monoisotopic (exact) mass is 445 g/mol. The van der Waals surface area contributed by atoms with Gasteiger partial charge < -0.3 is 4.74 Å². The molecule has 4 rings (SSSR count). The van der Waals surface area contributed by atoms with E-state index in [0.717, 1.165) is 52.1 Å². The Morgan fingerprint density at radius 2 is 2.27 bits per heavy atom. The van der Waals surface area contributed by atoms with Crippen molar-refractivity contribution in [2.75, 3.05) is 6.61 Å². The van der Waals surface area contributed by atoms with Crippen LogP contribution < -0.4 is 5.56 Å². The predicted octanol–water partition coefficient (Wildman–Crippen LogP) is 4.71. The number of rotatable bonds is 7. The maximum Gasteiger partial charge on any atom is 0.269 e. The third-order valence-corrected chi connectivity index (χ3v) is 7.42. The number of non-ortho nitro benzene ring substituents is 1. The van der Waals surface area contributed by atoms with Gasteiger partial charge in [0.1, 0.15) is 4.83 Å². The zero-order valence-corrected chi connectivity index (χ0v) is 18.6. The van der Waals surface area contributed by atoms with E-state index >= 15 is 0 Å². The molecule has 3 heterocycles. The van der Waals surface area contributed by atoms with Gasteiger partial charge in [-0.15, -0.1) is 11.3 Å². The summed E-state index contributed by atoms with van der Waals surface area (Å²) in [5, 5.41) is 12.4. The molecule has 2 aromatic heterocycles. The Bertz CT molecular complexity index is 1150. The highest BCUT2D eigenvalue weighted by Gasteiger charge is 2.22. The van der Waals surface area contributed by atoms with E-state index in [0.29, 0.717) is 17.5 Å². The third kappa shape index (κ3) is 4.14. The Morgan fingerprint density at radius 3 is 2.97 bits per heavy atom. The maximum atomic E-state index is 13.5. The molecule has 0 saturated carbocycles. The Labute approximate surface area is 182 Å². The second-order valence-electron chi connectivity index (χ2n) is 7.33. The summed E-state index contributed by atoms with van der Waals surface area (Å²) in [6.45, 7) is 5.30. The molecule has 158 valence electrons. The smallest absolute Gasteiger partial charge is 0.269 e. The van der Waals surface area contributed by atoms with Crippen LogP contribution in [0.2, 0.25) is 0 Å². The minimum absolute atomic E-state index is 0.0155. The van der Waals surface area contributed by atoms with Crippen LogP contribution in [-0.2, 0) is 23.5 Å². The van der Waals surface area contributed by atoms with Gasteiger partial charge in [0.15, 0.2) is 5.16 Å². The molecular formula is C21H23N3O4S2. The number of aryl methyl sites for hydroxylation is 2. The van der Waals surface area contributed by atoms with Gasteiger partial charge in [-0.3, -0.25) is 19.5 Å². The van der Waals surface area contributed by atoms with Crippen LogP contribution in [0.25, 0.3) is 10.2 Å². The van der Waals surface area contributed by atoms with Crippen molar-refractivity contribution >= 4 is 39.0 Å². The van der Waals surface area contributed by atoms with Gasteiger partial charge in [-0.25, -0.2) is 4.98 Å². The van der Waals surface area contributed by atoms with Crippen molar-refractivity contribution in [2.24, 2.45) is 0 Å². The van der Waals surface area contributed by atoms with Crippen molar-refractivity contribution in [1.82, 2.24) is 9.55 Å². The topological polar surface area (TPSA) is 87.3 Å². The van der Waals surface area contributed by atoms with Crippen LogP contribution in [0.1, 0.15) is 35.8 Å². The first-order valence-electron chi connectivity index (χ1n) is 9.98. The Kier molecular flexibility index (Phi) is 6.21. The summed E-state index contributed by atoms with van der Waals surface area (Å²) in [4.78, 5) is 30.8. The number of hydrogen-bond acceptors (Lipinski definition) is 7. The fourth-order valence-corrected chi connectivity index (χ4v) is 5.93. The van der Waals surface area contributed by atoms with Crippen molar-refractivity contribution in [3.05, 3.63) is 60.7 Å². The van der Waals surface area contributed by atoms with Crippen LogP contribution in [0.5, 0.6) is 0 Å². The largest absolute Gasteiger partial charge is 0.376 e. The molecule has 0 bridgehead atoms. The number of fused-ring (bicyclic) bond motifs is 1. The van der Waals surface area contributed by atoms with Crippen LogP contribution in [0.4, 0.5) is 5.69 Å². The van der Waals surface area contributed by atoms with E-state index in [1.54, 1.807) is 28.0 Å². The molecule has 30 heavy (non-hydrogen) atoms. The van der Waals surface area contributed by atoms with E-state index in [2.05, 4.69) is 6.92 Å². The number of thiophene rings is 1. The molecule has 0 amide bonds. The minimum atomic E-state index is -0.396. The first-order chi connectivity index (χ1) is 14.5. The lowest BCUT2D eigenvalue weighted by Crippen LogP contribution is -2.29. The summed E-state index contributed by atoms with van der Waals surface area (Å²) in [6.07, 6.45) is 2.75. The van der Waals surface area contributed by atoms with Crippen LogP contribution in [-0.4, -0.2) is 27.2 Å². The molecule has 1 atom stereocenters. The molecule has 0 aliphatic carbocycles.